The van der Waals surface area contributed by atoms with E-state index < -0.39 is 0 Å². The molecule has 1 aliphatic carbocycles. The van der Waals surface area contributed by atoms with Crippen LogP contribution >= 0.6 is 0 Å². The first-order valence-corrected chi connectivity index (χ1v) is 6.29. The number of pyridine rings is 1. The third kappa shape index (κ3) is 2.62. The van der Waals surface area contributed by atoms with E-state index in [9.17, 15) is 5.11 Å². The normalized spacial score (nSPS) is 16.3. The lowest BCUT2D eigenvalue weighted by molar-refractivity contribution is 0.252. The zero-order valence-electron chi connectivity index (χ0n) is 10.9. The third-order valence-electron chi connectivity index (χ3n) is 3.08. The molecule has 0 aromatic carbocycles. The van der Waals surface area contributed by atoms with Crippen molar-refractivity contribution in [3.8, 4) is 0 Å². The quantitative estimate of drug-likeness (QED) is 0.851. The summed E-state index contributed by atoms with van der Waals surface area (Å²) in [6, 6.07) is 4.24. The average molecular weight is 221 g/mol. The Balaban J connectivity index is 0.000000606. The van der Waals surface area contributed by atoms with Crippen LogP contribution in [0.4, 0.5) is 0 Å². The van der Waals surface area contributed by atoms with Gasteiger partial charge in [-0.2, -0.15) is 0 Å². The molecule has 1 aliphatic rings. The molecule has 2 nitrogen and oxygen atoms in total. The van der Waals surface area contributed by atoms with Crippen LogP contribution in [0.15, 0.2) is 12.1 Å². The minimum atomic E-state index is 0.00986. The largest absolute Gasteiger partial charge is 0.395 e. The monoisotopic (exact) mass is 221 g/mol. The molecule has 1 heterocycles. The van der Waals surface area contributed by atoms with Crippen LogP contribution in [0.2, 0.25) is 0 Å². The third-order valence-corrected chi connectivity index (χ3v) is 3.08. The van der Waals surface area contributed by atoms with Crippen LogP contribution < -0.4 is 0 Å². The lowest BCUT2D eigenvalue weighted by atomic mass is 10.0. The number of aliphatic hydroxyl groups excluding tert-OH is 1. The summed E-state index contributed by atoms with van der Waals surface area (Å²) in [7, 11) is 0. The summed E-state index contributed by atoms with van der Waals surface area (Å²) in [5.41, 5.74) is 3.50. The van der Waals surface area contributed by atoms with Crippen LogP contribution in [0.3, 0.4) is 0 Å². The molecule has 1 aromatic rings. The number of hydrogen-bond acceptors (Lipinski definition) is 2. The summed E-state index contributed by atoms with van der Waals surface area (Å²) >= 11 is 0. The summed E-state index contributed by atoms with van der Waals surface area (Å²) in [5, 5.41) is 9.32. The molecular formula is C14H23NO. The van der Waals surface area contributed by atoms with Crippen molar-refractivity contribution in [1.82, 2.24) is 4.98 Å². The van der Waals surface area contributed by atoms with Crippen molar-refractivity contribution in [1.29, 1.82) is 0 Å². The van der Waals surface area contributed by atoms with Crippen molar-refractivity contribution in [2.45, 2.75) is 52.4 Å². The predicted molar refractivity (Wildman–Crippen MR) is 67.7 cm³/mol. The summed E-state index contributed by atoms with van der Waals surface area (Å²) in [4.78, 5) is 4.60. The maximum atomic E-state index is 9.32. The van der Waals surface area contributed by atoms with E-state index in [2.05, 4.69) is 31.0 Å². The highest BCUT2D eigenvalue weighted by Crippen LogP contribution is 2.46. The van der Waals surface area contributed by atoms with Gasteiger partial charge in [0, 0.05) is 16.8 Å². The Morgan fingerprint density at radius 3 is 2.38 bits per heavy atom. The van der Waals surface area contributed by atoms with E-state index >= 15 is 0 Å². The molecule has 16 heavy (non-hydrogen) atoms. The number of hydrogen-bond donors (Lipinski definition) is 1. The van der Waals surface area contributed by atoms with Crippen LogP contribution in [-0.4, -0.2) is 16.7 Å². The second-order valence-electron chi connectivity index (χ2n) is 4.31. The van der Waals surface area contributed by atoms with Crippen LogP contribution in [-0.2, 0) is 11.8 Å². The Hall–Kier alpha value is -0.890. The molecule has 1 saturated carbocycles. The number of aromatic nitrogens is 1. The Kier molecular flexibility index (Phi) is 4.48. The van der Waals surface area contributed by atoms with Crippen molar-refractivity contribution in [2.24, 2.45) is 0 Å². The molecule has 1 aromatic heterocycles. The topological polar surface area (TPSA) is 33.1 Å². The Morgan fingerprint density at radius 1 is 1.31 bits per heavy atom. The number of rotatable bonds is 3. The standard InChI is InChI=1S/C12H17NO.C2H6/c1-3-10-6-9(2)7-11(13-10)12(8-14)4-5-12;1-2/h6-7,14H,3-5,8H2,1-2H3;1-2H3. The van der Waals surface area contributed by atoms with Crippen LogP contribution in [0.1, 0.15) is 50.6 Å². The lowest BCUT2D eigenvalue weighted by Gasteiger charge is -2.13. The maximum Gasteiger partial charge on any atom is 0.0543 e. The second kappa shape index (κ2) is 5.44. The average Bonchev–Trinajstić information content (AvgIpc) is 3.12. The Labute approximate surface area is 98.7 Å². The number of aliphatic hydroxyl groups is 1. The molecule has 0 unspecified atom stereocenters. The first-order chi connectivity index (χ1) is 7.70. The van der Waals surface area contributed by atoms with Gasteiger partial charge in [0.15, 0.2) is 0 Å². The van der Waals surface area contributed by atoms with Crippen molar-refractivity contribution >= 4 is 0 Å². The van der Waals surface area contributed by atoms with Gasteiger partial charge in [-0.15, -0.1) is 0 Å². The van der Waals surface area contributed by atoms with Gasteiger partial charge in [0.05, 0.1) is 6.61 Å². The molecule has 2 heteroatoms. The fourth-order valence-corrected chi connectivity index (χ4v) is 1.84. The van der Waals surface area contributed by atoms with Crippen LogP contribution in [0.5, 0.6) is 0 Å². The van der Waals surface area contributed by atoms with E-state index in [1.165, 1.54) is 5.56 Å². The fourth-order valence-electron chi connectivity index (χ4n) is 1.84. The summed E-state index contributed by atoms with van der Waals surface area (Å²) < 4.78 is 0. The molecule has 0 radical (unpaired) electrons. The Morgan fingerprint density at radius 2 is 1.94 bits per heavy atom. The smallest absolute Gasteiger partial charge is 0.0543 e. The van der Waals surface area contributed by atoms with Gasteiger partial charge in [-0.25, -0.2) is 0 Å². The molecule has 0 spiro atoms. The number of aryl methyl sites for hydroxylation is 2. The van der Waals surface area contributed by atoms with E-state index in [1.54, 1.807) is 0 Å². The SMILES string of the molecule is CC.CCc1cc(C)cc(C2(CO)CC2)n1. The van der Waals surface area contributed by atoms with Gasteiger partial charge in [0.1, 0.15) is 0 Å². The van der Waals surface area contributed by atoms with Crippen molar-refractivity contribution in [2.75, 3.05) is 6.61 Å². The zero-order valence-corrected chi connectivity index (χ0v) is 10.9. The van der Waals surface area contributed by atoms with Gasteiger partial charge < -0.3 is 5.11 Å². The predicted octanol–water partition coefficient (Wildman–Crippen LogP) is 3.00. The van der Waals surface area contributed by atoms with Crippen molar-refractivity contribution in [3.05, 3.63) is 29.1 Å². The number of nitrogens with zero attached hydrogens (tertiary/aromatic N) is 1. The molecule has 0 bridgehead atoms. The van der Waals surface area contributed by atoms with Gasteiger partial charge in [0.25, 0.3) is 0 Å². The first-order valence-electron chi connectivity index (χ1n) is 6.29. The highest BCUT2D eigenvalue weighted by molar-refractivity contribution is 5.30. The highest BCUT2D eigenvalue weighted by atomic mass is 16.3. The summed E-state index contributed by atoms with van der Waals surface area (Å²) in [6.45, 7) is 8.45. The van der Waals surface area contributed by atoms with Crippen molar-refractivity contribution in [3.63, 3.8) is 0 Å². The van der Waals surface area contributed by atoms with E-state index in [0.29, 0.717) is 0 Å². The van der Waals surface area contributed by atoms with Gasteiger partial charge in [-0.05, 0) is 43.9 Å². The molecule has 0 amide bonds. The molecular weight excluding hydrogens is 198 g/mol. The highest BCUT2D eigenvalue weighted by Gasteiger charge is 2.45. The molecule has 1 fully saturated rings. The Bertz CT molecular complexity index is 343. The minimum absolute atomic E-state index is 0.00986. The van der Waals surface area contributed by atoms with E-state index in [-0.39, 0.29) is 12.0 Å². The van der Waals surface area contributed by atoms with Crippen LogP contribution in [0, 0.1) is 6.92 Å². The first kappa shape index (κ1) is 13.2. The summed E-state index contributed by atoms with van der Waals surface area (Å²) in [6.07, 6.45) is 3.14. The van der Waals surface area contributed by atoms with Gasteiger partial charge in [-0.1, -0.05) is 20.8 Å². The van der Waals surface area contributed by atoms with Gasteiger partial charge in [0.2, 0.25) is 0 Å². The van der Waals surface area contributed by atoms with E-state index in [0.717, 1.165) is 30.7 Å². The molecule has 0 atom stereocenters. The van der Waals surface area contributed by atoms with E-state index in [1.807, 2.05) is 13.8 Å². The molecule has 0 aliphatic heterocycles. The molecule has 2 rings (SSSR count). The van der Waals surface area contributed by atoms with Gasteiger partial charge >= 0.3 is 0 Å². The lowest BCUT2D eigenvalue weighted by Crippen LogP contribution is -2.15. The van der Waals surface area contributed by atoms with Crippen LogP contribution in [0.25, 0.3) is 0 Å². The van der Waals surface area contributed by atoms with Crippen molar-refractivity contribution < 1.29 is 5.11 Å². The zero-order chi connectivity index (χ0) is 12.2. The van der Waals surface area contributed by atoms with Gasteiger partial charge in [-0.3, -0.25) is 4.98 Å². The summed E-state index contributed by atoms with van der Waals surface area (Å²) in [5.74, 6) is 0. The van der Waals surface area contributed by atoms with E-state index in [4.69, 9.17) is 0 Å². The molecule has 1 N–H and O–H groups in total. The molecule has 90 valence electrons. The second-order valence-corrected chi connectivity index (χ2v) is 4.31. The fraction of sp³-hybridized carbons (Fsp3) is 0.643. The minimum Gasteiger partial charge on any atom is -0.395 e. The molecule has 0 saturated heterocycles. The maximum absolute atomic E-state index is 9.32.